The van der Waals surface area contributed by atoms with Gasteiger partial charge in [-0.25, -0.2) is 4.79 Å². The molecule has 0 aromatic heterocycles. The zero-order valence-corrected chi connectivity index (χ0v) is 8.41. The third-order valence-corrected chi connectivity index (χ3v) is 2.07. The van der Waals surface area contributed by atoms with E-state index in [4.69, 9.17) is 4.84 Å². The minimum absolute atomic E-state index is 0.114. The average Bonchev–Trinajstić information content (AvgIpc) is 2.32. The molecule has 0 aliphatic carbocycles. The third kappa shape index (κ3) is 2.87. The summed E-state index contributed by atoms with van der Waals surface area (Å²) >= 11 is 0. The summed E-state index contributed by atoms with van der Waals surface area (Å²) in [5.74, 6) is -0.641. The average molecular weight is 197 g/mol. The zero-order valence-electron chi connectivity index (χ0n) is 8.41. The number of rotatable bonds is 2. The smallest absolute Gasteiger partial charge is 0.333 e. The Morgan fingerprint density at radius 3 is 2.79 bits per heavy atom. The molecule has 1 saturated heterocycles. The summed E-state index contributed by atoms with van der Waals surface area (Å²) in [4.78, 5) is 27.4. The van der Waals surface area contributed by atoms with Crippen LogP contribution in [0, 0.1) is 0 Å². The van der Waals surface area contributed by atoms with Gasteiger partial charge in [0.15, 0.2) is 0 Å². The van der Waals surface area contributed by atoms with Crippen LogP contribution in [0.4, 0.5) is 0 Å². The van der Waals surface area contributed by atoms with Crippen molar-refractivity contribution < 1.29 is 14.4 Å². The molecule has 14 heavy (non-hydrogen) atoms. The van der Waals surface area contributed by atoms with E-state index in [1.807, 2.05) is 0 Å². The number of carbonyl (C=O) groups is 2. The molecule has 4 nitrogen and oxygen atoms in total. The maximum Gasteiger partial charge on any atom is 0.358 e. The molecule has 0 spiro atoms. The van der Waals surface area contributed by atoms with Crippen molar-refractivity contribution in [2.75, 3.05) is 6.54 Å². The van der Waals surface area contributed by atoms with Gasteiger partial charge < -0.3 is 4.84 Å². The van der Waals surface area contributed by atoms with E-state index in [0.717, 1.165) is 24.3 Å². The molecule has 1 fully saturated rings. The summed E-state index contributed by atoms with van der Waals surface area (Å²) in [5, 5.41) is 1.16. The Labute approximate surface area is 83.5 Å². The molecule has 0 radical (unpaired) electrons. The van der Waals surface area contributed by atoms with Crippen LogP contribution in [0.15, 0.2) is 12.2 Å². The van der Waals surface area contributed by atoms with Crippen LogP contribution in [0.2, 0.25) is 0 Å². The summed E-state index contributed by atoms with van der Waals surface area (Å²) in [6.07, 6.45) is 3.23. The van der Waals surface area contributed by atoms with Gasteiger partial charge in [-0.2, -0.15) is 5.06 Å². The number of hydroxylamine groups is 2. The minimum atomic E-state index is -0.528. The summed E-state index contributed by atoms with van der Waals surface area (Å²) in [6, 6.07) is 0. The van der Waals surface area contributed by atoms with E-state index >= 15 is 0 Å². The SMILES string of the molecule is C=C(C)C(=O)ON1CCCCCC1=O. The van der Waals surface area contributed by atoms with Crippen LogP contribution >= 0.6 is 0 Å². The monoisotopic (exact) mass is 197 g/mol. The molecule has 0 bridgehead atoms. The molecule has 0 aromatic carbocycles. The highest BCUT2D eigenvalue weighted by Crippen LogP contribution is 2.12. The highest BCUT2D eigenvalue weighted by atomic mass is 16.7. The lowest BCUT2D eigenvalue weighted by Crippen LogP contribution is -2.33. The van der Waals surface area contributed by atoms with E-state index in [1.54, 1.807) is 6.92 Å². The molecule has 0 atom stereocenters. The van der Waals surface area contributed by atoms with Gasteiger partial charge in [-0.05, 0) is 19.8 Å². The van der Waals surface area contributed by atoms with Crippen molar-refractivity contribution in [3.63, 3.8) is 0 Å². The molecule has 78 valence electrons. The van der Waals surface area contributed by atoms with Crippen molar-refractivity contribution in [1.82, 2.24) is 5.06 Å². The number of carbonyl (C=O) groups excluding carboxylic acids is 2. The van der Waals surface area contributed by atoms with E-state index in [9.17, 15) is 9.59 Å². The molecule has 0 unspecified atom stereocenters. The van der Waals surface area contributed by atoms with Crippen LogP contribution in [0.25, 0.3) is 0 Å². The molecule has 1 rings (SSSR count). The van der Waals surface area contributed by atoms with Crippen LogP contribution in [-0.4, -0.2) is 23.5 Å². The lowest BCUT2D eigenvalue weighted by Gasteiger charge is -2.18. The molecular weight excluding hydrogens is 182 g/mol. The molecule has 1 aliphatic rings. The van der Waals surface area contributed by atoms with Crippen molar-refractivity contribution in [3.05, 3.63) is 12.2 Å². The highest BCUT2D eigenvalue weighted by molar-refractivity contribution is 5.88. The fourth-order valence-corrected chi connectivity index (χ4v) is 1.23. The molecule has 0 N–H and O–H groups in total. The van der Waals surface area contributed by atoms with Crippen molar-refractivity contribution in [2.45, 2.75) is 32.6 Å². The first kappa shape index (κ1) is 10.8. The number of amides is 1. The van der Waals surface area contributed by atoms with E-state index in [-0.39, 0.29) is 5.91 Å². The summed E-state index contributed by atoms with van der Waals surface area (Å²) in [5.41, 5.74) is 0.307. The van der Waals surface area contributed by atoms with Crippen molar-refractivity contribution >= 4 is 11.9 Å². The number of nitrogens with zero attached hydrogens (tertiary/aromatic N) is 1. The van der Waals surface area contributed by atoms with Gasteiger partial charge in [-0.15, -0.1) is 0 Å². The molecule has 4 heteroatoms. The first-order valence-corrected chi connectivity index (χ1v) is 4.79. The molecule has 1 heterocycles. The molecular formula is C10H15NO3. The van der Waals surface area contributed by atoms with Crippen molar-refractivity contribution in [1.29, 1.82) is 0 Å². The lowest BCUT2D eigenvalue weighted by molar-refractivity contribution is -0.193. The topological polar surface area (TPSA) is 46.6 Å². The van der Waals surface area contributed by atoms with E-state index < -0.39 is 5.97 Å². The van der Waals surface area contributed by atoms with Gasteiger partial charge in [-0.3, -0.25) is 4.79 Å². The normalized spacial score (nSPS) is 17.5. The van der Waals surface area contributed by atoms with E-state index in [2.05, 4.69) is 6.58 Å². The largest absolute Gasteiger partial charge is 0.358 e. The van der Waals surface area contributed by atoms with Gasteiger partial charge in [0.05, 0.1) is 6.54 Å². The Morgan fingerprint density at radius 2 is 2.14 bits per heavy atom. The van der Waals surface area contributed by atoms with Gasteiger partial charge in [0.2, 0.25) is 0 Å². The Kier molecular flexibility index (Phi) is 3.68. The first-order valence-electron chi connectivity index (χ1n) is 4.79. The Hall–Kier alpha value is -1.32. The van der Waals surface area contributed by atoms with E-state index in [1.165, 1.54) is 0 Å². The lowest BCUT2D eigenvalue weighted by atomic mass is 10.2. The Morgan fingerprint density at radius 1 is 1.43 bits per heavy atom. The Bertz CT molecular complexity index is 260. The van der Waals surface area contributed by atoms with Crippen LogP contribution in [-0.2, 0) is 14.4 Å². The second-order valence-corrected chi connectivity index (χ2v) is 3.47. The first-order chi connectivity index (χ1) is 6.61. The maximum atomic E-state index is 11.4. The summed E-state index contributed by atoms with van der Waals surface area (Å²) < 4.78 is 0. The maximum absolute atomic E-state index is 11.4. The molecule has 0 saturated carbocycles. The Balaban J connectivity index is 2.52. The molecule has 0 aromatic rings. The summed E-state index contributed by atoms with van der Waals surface area (Å²) in [7, 11) is 0. The van der Waals surface area contributed by atoms with Gasteiger partial charge in [-0.1, -0.05) is 13.0 Å². The minimum Gasteiger partial charge on any atom is -0.333 e. The van der Waals surface area contributed by atoms with Crippen molar-refractivity contribution in [3.8, 4) is 0 Å². The van der Waals surface area contributed by atoms with Crippen LogP contribution in [0.1, 0.15) is 32.6 Å². The van der Waals surface area contributed by atoms with Gasteiger partial charge in [0.25, 0.3) is 5.91 Å². The van der Waals surface area contributed by atoms with Crippen LogP contribution in [0.5, 0.6) is 0 Å². The molecule has 1 aliphatic heterocycles. The van der Waals surface area contributed by atoms with E-state index in [0.29, 0.717) is 18.5 Å². The standard InChI is InChI=1S/C10H15NO3/c1-8(2)10(13)14-11-7-5-3-4-6-9(11)12/h1,3-7H2,2H3. The highest BCUT2D eigenvalue weighted by Gasteiger charge is 2.20. The second-order valence-electron chi connectivity index (χ2n) is 3.47. The third-order valence-electron chi connectivity index (χ3n) is 2.07. The predicted molar refractivity (Wildman–Crippen MR) is 51.1 cm³/mol. The predicted octanol–water partition coefficient (Wildman–Crippen LogP) is 1.42. The van der Waals surface area contributed by atoms with Crippen molar-refractivity contribution in [2.24, 2.45) is 0 Å². The zero-order chi connectivity index (χ0) is 10.6. The van der Waals surface area contributed by atoms with Gasteiger partial charge in [0.1, 0.15) is 0 Å². The molecule has 1 amide bonds. The van der Waals surface area contributed by atoms with Crippen LogP contribution < -0.4 is 0 Å². The summed E-state index contributed by atoms with van der Waals surface area (Å²) in [6.45, 7) is 5.51. The number of hydrogen-bond acceptors (Lipinski definition) is 3. The van der Waals surface area contributed by atoms with Crippen LogP contribution in [0.3, 0.4) is 0 Å². The number of hydrogen-bond donors (Lipinski definition) is 0. The van der Waals surface area contributed by atoms with Gasteiger partial charge >= 0.3 is 5.97 Å². The van der Waals surface area contributed by atoms with Gasteiger partial charge in [0, 0.05) is 12.0 Å². The fraction of sp³-hybridized carbons (Fsp3) is 0.600. The quantitative estimate of drug-likeness (QED) is 0.629. The second kappa shape index (κ2) is 4.79. The fourth-order valence-electron chi connectivity index (χ4n) is 1.23.